The van der Waals surface area contributed by atoms with Crippen molar-refractivity contribution in [1.29, 1.82) is 0 Å². The average Bonchev–Trinajstić information content (AvgIpc) is 3.18. The topological polar surface area (TPSA) is 119 Å². The average molecular weight is 397 g/mol. The first-order valence-corrected chi connectivity index (χ1v) is 9.40. The fourth-order valence-corrected chi connectivity index (χ4v) is 3.74. The fraction of sp³-hybridized carbons (Fsp3) is 0.333. The van der Waals surface area contributed by atoms with E-state index in [2.05, 4.69) is 10.3 Å². The van der Waals surface area contributed by atoms with Crippen LogP contribution in [0.3, 0.4) is 0 Å². The molecule has 0 bridgehead atoms. The van der Waals surface area contributed by atoms with Crippen molar-refractivity contribution in [2.75, 3.05) is 18.0 Å². The molecule has 0 saturated carbocycles. The van der Waals surface area contributed by atoms with Crippen LogP contribution in [0.15, 0.2) is 45.6 Å². The molecule has 3 aromatic rings. The summed E-state index contributed by atoms with van der Waals surface area (Å²) in [5.74, 6) is -0.689. The van der Waals surface area contributed by atoms with E-state index >= 15 is 0 Å². The van der Waals surface area contributed by atoms with E-state index in [1.165, 1.54) is 12.1 Å². The SMILES string of the molecule is CC(C)(CN1C(=O)Cc2ccccc21)NCC(O)c1cc(O)cc2[nH]c(=O)oc12. The molecule has 4 N–H and O–H groups in total. The number of rotatable bonds is 6. The van der Waals surface area contributed by atoms with E-state index in [9.17, 15) is 19.8 Å². The highest BCUT2D eigenvalue weighted by molar-refractivity contribution is 6.01. The maximum atomic E-state index is 12.4. The lowest BCUT2D eigenvalue weighted by atomic mass is 10.0. The number of para-hydroxylation sites is 1. The number of aromatic hydroxyl groups is 1. The Morgan fingerprint density at radius 3 is 2.83 bits per heavy atom. The number of aliphatic hydroxyl groups excluding tert-OH is 1. The van der Waals surface area contributed by atoms with Crippen LogP contribution in [0.4, 0.5) is 5.69 Å². The summed E-state index contributed by atoms with van der Waals surface area (Å²) >= 11 is 0. The molecule has 0 radical (unpaired) electrons. The van der Waals surface area contributed by atoms with Gasteiger partial charge in [0, 0.05) is 35.9 Å². The number of nitrogens with one attached hydrogen (secondary N) is 2. The van der Waals surface area contributed by atoms with Crippen molar-refractivity contribution in [3.63, 3.8) is 0 Å². The van der Waals surface area contributed by atoms with Gasteiger partial charge in [0.05, 0.1) is 18.0 Å². The van der Waals surface area contributed by atoms with Crippen molar-refractivity contribution >= 4 is 22.7 Å². The van der Waals surface area contributed by atoms with Crippen molar-refractivity contribution in [3.8, 4) is 5.75 Å². The second-order valence-corrected chi connectivity index (χ2v) is 7.99. The molecule has 0 aliphatic carbocycles. The molecule has 2 heterocycles. The molecular weight excluding hydrogens is 374 g/mol. The number of hydrogen-bond acceptors (Lipinski definition) is 6. The third-order valence-corrected chi connectivity index (χ3v) is 5.15. The standard InChI is InChI=1S/C21H23N3O5/c1-21(2,11-24-16-6-4-3-5-12(16)7-18(24)27)22-10-17(26)14-8-13(25)9-15-19(14)29-20(28)23-15/h3-6,8-9,17,22,25-26H,7,10-11H2,1-2H3,(H,23,28). The molecule has 0 saturated heterocycles. The first-order valence-electron chi connectivity index (χ1n) is 9.40. The van der Waals surface area contributed by atoms with E-state index in [-0.39, 0.29) is 23.8 Å². The van der Waals surface area contributed by atoms with Gasteiger partial charge in [0.25, 0.3) is 0 Å². The van der Waals surface area contributed by atoms with Crippen LogP contribution in [-0.2, 0) is 11.2 Å². The molecule has 2 aromatic carbocycles. The zero-order valence-electron chi connectivity index (χ0n) is 16.2. The van der Waals surface area contributed by atoms with E-state index in [0.717, 1.165) is 11.3 Å². The molecule has 152 valence electrons. The second kappa shape index (κ2) is 7.06. The van der Waals surface area contributed by atoms with E-state index in [0.29, 0.717) is 24.0 Å². The van der Waals surface area contributed by atoms with Gasteiger partial charge >= 0.3 is 5.76 Å². The van der Waals surface area contributed by atoms with E-state index in [1.54, 1.807) is 4.90 Å². The minimum absolute atomic E-state index is 0.0467. The number of phenolic OH excluding ortho intramolecular Hbond substituents is 1. The molecular formula is C21H23N3O5. The minimum atomic E-state index is -1.02. The van der Waals surface area contributed by atoms with Gasteiger partial charge in [0.1, 0.15) is 5.75 Å². The Bertz CT molecular complexity index is 1130. The summed E-state index contributed by atoms with van der Waals surface area (Å²) in [5, 5.41) is 23.8. The van der Waals surface area contributed by atoms with Crippen LogP contribution >= 0.6 is 0 Å². The van der Waals surface area contributed by atoms with Crippen LogP contribution in [-0.4, -0.2) is 39.7 Å². The normalized spacial score (nSPS) is 15.1. The molecule has 1 aromatic heterocycles. The van der Waals surface area contributed by atoms with Crippen LogP contribution in [0.2, 0.25) is 0 Å². The number of hydrogen-bond donors (Lipinski definition) is 4. The number of carbonyl (C=O) groups excluding carboxylic acids is 1. The fourth-order valence-electron chi connectivity index (χ4n) is 3.74. The van der Waals surface area contributed by atoms with Crippen molar-refractivity contribution < 1.29 is 19.4 Å². The molecule has 1 aliphatic heterocycles. The number of β-amino-alcohol motifs (C(OH)–C–C–N with tert-alkyl or cyclic N) is 1. The Morgan fingerprint density at radius 2 is 2.03 bits per heavy atom. The number of oxazole rings is 1. The maximum Gasteiger partial charge on any atom is 0.417 e. The Kier molecular flexibility index (Phi) is 4.68. The molecule has 1 unspecified atom stereocenters. The third-order valence-electron chi connectivity index (χ3n) is 5.15. The largest absolute Gasteiger partial charge is 0.508 e. The summed E-state index contributed by atoms with van der Waals surface area (Å²) < 4.78 is 5.10. The molecule has 1 atom stereocenters. The van der Waals surface area contributed by atoms with Gasteiger partial charge in [-0.3, -0.25) is 9.78 Å². The molecule has 1 amide bonds. The number of aliphatic hydroxyl groups is 1. The smallest absolute Gasteiger partial charge is 0.417 e. The Balaban J connectivity index is 1.48. The van der Waals surface area contributed by atoms with Gasteiger partial charge in [-0.25, -0.2) is 4.79 Å². The zero-order chi connectivity index (χ0) is 20.8. The highest BCUT2D eigenvalue weighted by Gasteiger charge is 2.32. The van der Waals surface area contributed by atoms with E-state index < -0.39 is 17.4 Å². The number of fused-ring (bicyclic) bond motifs is 2. The number of amides is 1. The Labute approximate surface area is 166 Å². The summed E-state index contributed by atoms with van der Waals surface area (Å²) in [4.78, 5) is 28.1. The van der Waals surface area contributed by atoms with Crippen LogP contribution in [0.25, 0.3) is 11.1 Å². The summed E-state index contributed by atoms with van der Waals surface area (Å²) in [6.45, 7) is 4.47. The van der Waals surface area contributed by atoms with Crippen LogP contribution in [0, 0.1) is 0 Å². The van der Waals surface area contributed by atoms with Gasteiger partial charge in [0.2, 0.25) is 5.91 Å². The number of phenols is 1. The first-order chi connectivity index (χ1) is 13.7. The first kappa shape index (κ1) is 19.2. The maximum absolute atomic E-state index is 12.4. The van der Waals surface area contributed by atoms with E-state index in [1.807, 2.05) is 38.1 Å². The number of H-pyrrole nitrogens is 1. The number of benzene rings is 2. The van der Waals surface area contributed by atoms with Crippen molar-refractivity contribution in [2.24, 2.45) is 0 Å². The van der Waals surface area contributed by atoms with Crippen molar-refractivity contribution in [3.05, 3.63) is 58.1 Å². The highest BCUT2D eigenvalue weighted by atomic mass is 16.4. The number of aromatic nitrogens is 1. The predicted molar refractivity (Wildman–Crippen MR) is 108 cm³/mol. The summed E-state index contributed by atoms with van der Waals surface area (Å²) in [7, 11) is 0. The second-order valence-electron chi connectivity index (χ2n) is 7.99. The molecule has 8 nitrogen and oxygen atoms in total. The number of aromatic amines is 1. The van der Waals surface area contributed by atoms with Crippen molar-refractivity contribution in [2.45, 2.75) is 31.9 Å². The van der Waals surface area contributed by atoms with Gasteiger partial charge < -0.3 is 24.8 Å². The predicted octanol–water partition coefficient (Wildman–Crippen LogP) is 1.82. The number of anilines is 1. The van der Waals surface area contributed by atoms with Gasteiger partial charge in [-0.15, -0.1) is 0 Å². The Morgan fingerprint density at radius 1 is 1.28 bits per heavy atom. The monoisotopic (exact) mass is 397 g/mol. The van der Waals surface area contributed by atoms with Gasteiger partial charge in [-0.05, 0) is 31.5 Å². The highest BCUT2D eigenvalue weighted by Crippen LogP contribution is 2.30. The third kappa shape index (κ3) is 3.76. The van der Waals surface area contributed by atoms with Crippen LogP contribution in [0.5, 0.6) is 5.75 Å². The lowest BCUT2D eigenvalue weighted by molar-refractivity contribution is -0.117. The molecule has 29 heavy (non-hydrogen) atoms. The Hall–Kier alpha value is -3.10. The van der Waals surface area contributed by atoms with Crippen LogP contribution < -0.4 is 16.0 Å². The number of nitrogens with zero attached hydrogens (tertiary/aromatic N) is 1. The quantitative estimate of drug-likeness (QED) is 0.504. The molecule has 0 fully saturated rings. The molecule has 8 heteroatoms. The number of carbonyl (C=O) groups is 1. The van der Waals surface area contributed by atoms with Crippen molar-refractivity contribution in [1.82, 2.24) is 10.3 Å². The van der Waals surface area contributed by atoms with E-state index in [4.69, 9.17) is 4.42 Å². The lowest BCUT2D eigenvalue weighted by Crippen LogP contribution is -2.51. The van der Waals surface area contributed by atoms with Gasteiger partial charge in [-0.1, -0.05) is 18.2 Å². The summed E-state index contributed by atoms with van der Waals surface area (Å²) in [5.41, 5.74) is 2.27. The van der Waals surface area contributed by atoms with Crippen LogP contribution in [0.1, 0.15) is 31.1 Å². The summed E-state index contributed by atoms with van der Waals surface area (Å²) in [6.07, 6.45) is -0.632. The molecule has 1 aliphatic rings. The molecule has 0 spiro atoms. The van der Waals surface area contributed by atoms with Gasteiger partial charge in [-0.2, -0.15) is 0 Å². The zero-order valence-corrected chi connectivity index (χ0v) is 16.2. The lowest BCUT2D eigenvalue weighted by Gasteiger charge is -2.32. The summed E-state index contributed by atoms with van der Waals surface area (Å²) in [6, 6.07) is 10.5. The van der Waals surface area contributed by atoms with Gasteiger partial charge in [0.15, 0.2) is 5.58 Å². The molecule has 4 rings (SSSR count). The minimum Gasteiger partial charge on any atom is -0.508 e.